The van der Waals surface area contributed by atoms with Gasteiger partial charge in [0.15, 0.2) is 0 Å². The van der Waals surface area contributed by atoms with Gasteiger partial charge in [-0.2, -0.15) is 0 Å². The van der Waals surface area contributed by atoms with Crippen LogP contribution in [-0.4, -0.2) is 12.5 Å². The van der Waals surface area contributed by atoms with Crippen molar-refractivity contribution in [3.8, 4) is 0 Å². The van der Waals surface area contributed by atoms with E-state index >= 15 is 0 Å². The third-order valence-corrected chi connectivity index (χ3v) is 2.50. The van der Waals surface area contributed by atoms with Crippen molar-refractivity contribution in [1.29, 1.82) is 0 Å². The van der Waals surface area contributed by atoms with Gasteiger partial charge in [-0.05, 0) is 31.0 Å². The number of halogens is 2. The lowest BCUT2D eigenvalue weighted by atomic mass is 10.2. The third kappa shape index (κ3) is 1.71. The van der Waals surface area contributed by atoms with Crippen LogP contribution in [0, 0.1) is 18.6 Å². The molecule has 1 aliphatic rings. The number of amides is 1. The van der Waals surface area contributed by atoms with Crippen LogP contribution in [0.1, 0.15) is 18.4 Å². The van der Waals surface area contributed by atoms with Gasteiger partial charge in [-0.25, -0.2) is 8.78 Å². The van der Waals surface area contributed by atoms with Crippen LogP contribution in [0.15, 0.2) is 12.1 Å². The molecule has 80 valence electrons. The van der Waals surface area contributed by atoms with Crippen LogP contribution in [0.2, 0.25) is 0 Å². The van der Waals surface area contributed by atoms with Crippen LogP contribution in [0.4, 0.5) is 14.5 Å². The molecule has 4 heteroatoms. The van der Waals surface area contributed by atoms with Crippen LogP contribution in [0.5, 0.6) is 0 Å². The average molecular weight is 211 g/mol. The Morgan fingerprint density at radius 2 is 1.87 bits per heavy atom. The van der Waals surface area contributed by atoms with Crippen LogP contribution >= 0.6 is 0 Å². The molecule has 1 heterocycles. The van der Waals surface area contributed by atoms with Gasteiger partial charge in [0.1, 0.15) is 17.3 Å². The molecule has 0 spiro atoms. The van der Waals surface area contributed by atoms with Crippen LogP contribution in [0.3, 0.4) is 0 Å². The van der Waals surface area contributed by atoms with E-state index in [9.17, 15) is 13.6 Å². The summed E-state index contributed by atoms with van der Waals surface area (Å²) in [6, 6.07) is 2.48. The number of nitrogens with zero attached hydrogens (tertiary/aromatic N) is 1. The SMILES string of the molecule is Cc1cc(F)c(N2CCCC2=O)c(F)c1. The molecule has 1 fully saturated rings. The Kier molecular flexibility index (Phi) is 2.42. The molecule has 2 nitrogen and oxygen atoms in total. The Hall–Kier alpha value is -1.45. The molecule has 1 aromatic carbocycles. The lowest BCUT2D eigenvalue weighted by Gasteiger charge is -2.17. The molecule has 0 bridgehead atoms. The first-order valence-corrected chi connectivity index (χ1v) is 4.85. The lowest BCUT2D eigenvalue weighted by Crippen LogP contribution is -2.26. The van der Waals surface area contributed by atoms with Crippen LogP contribution in [0.25, 0.3) is 0 Å². The van der Waals surface area contributed by atoms with Crippen molar-refractivity contribution in [3.05, 3.63) is 29.3 Å². The maximum atomic E-state index is 13.5. The maximum absolute atomic E-state index is 13.5. The van der Waals surface area contributed by atoms with Crippen molar-refractivity contribution in [2.75, 3.05) is 11.4 Å². The highest BCUT2D eigenvalue weighted by Gasteiger charge is 2.27. The Morgan fingerprint density at radius 3 is 2.33 bits per heavy atom. The van der Waals surface area contributed by atoms with Gasteiger partial charge in [-0.15, -0.1) is 0 Å². The molecule has 1 aromatic rings. The first-order chi connectivity index (χ1) is 7.09. The predicted molar refractivity (Wildman–Crippen MR) is 52.7 cm³/mol. The van der Waals surface area contributed by atoms with E-state index in [1.807, 2.05) is 0 Å². The lowest BCUT2D eigenvalue weighted by molar-refractivity contribution is -0.117. The molecule has 2 rings (SSSR count). The van der Waals surface area contributed by atoms with Crippen molar-refractivity contribution >= 4 is 11.6 Å². The summed E-state index contributed by atoms with van der Waals surface area (Å²) in [4.78, 5) is 12.5. The number of anilines is 1. The van der Waals surface area contributed by atoms with Gasteiger partial charge in [0.25, 0.3) is 0 Å². The number of hydrogen-bond donors (Lipinski definition) is 0. The summed E-state index contributed by atoms with van der Waals surface area (Å²) >= 11 is 0. The van der Waals surface area contributed by atoms with Gasteiger partial charge >= 0.3 is 0 Å². The van der Waals surface area contributed by atoms with E-state index in [1.54, 1.807) is 6.92 Å². The van der Waals surface area contributed by atoms with Gasteiger partial charge in [-0.1, -0.05) is 0 Å². The zero-order valence-corrected chi connectivity index (χ0v) is 8.39. The summed E-state index contributed by atoms with van der Waals surface area (Å²) in [6.07, 6.45) is 1.03. The summed E-state index contributed by atoms with van der Waals surface area (Å²) < 4.78 is 27.0. The number of hydrogen-bond acceptors (Lipinski definition) is 1. The van der Waals surface area contributed by atoms with E-state index in [-0.39, 0.29) is 11.6 Å². The summed E-state index contributed by atoms with van der Waals surface area (Å²) in [6.45, 7) is 2.01. The van der Waals surface area contributed by atoms with E-state index in [0.29, 0.717) is 24.9 Å². The molecule has 15 heavy (non-hydrogen) atoms. The van der Waals surface area contributed by atoms with E-state index in [2.05, 4.69) is 0 Å². The molecule has 0 saturated carbocycles. The Morgan fingerprint density at radius 1 is 1.27 bits per heavy atom. The number of aryl methyl sites for hydroxylation is 1. The van der Waals surface area contributed by atoms with Crippen molar-refractivity contribution in [2.45, 2.75) is 19.8 Å². The molecule has 0 aliphatic carbocycles. The monoisotopic (exact) mass is 211 g/mol. The zero-order valence-electron chi connectivity index (χ0n) is 8.39. The van der Waals surface area contributed by atoms with Crippen LogP contribution in [-0.2, 0) is 4.79 Å². The molecule has 0 radical (unpaired) electrons. The topological polar surface area (TPSA) is 20.3 Å². The molecular weight excluding hydrogens is 200 g/mol. The summed E-state index contributed by atoms with van der Waals surface area (Å²) in [5.41, 5.74) is 0.309. The Labute approximate surface area is 86.5 Å². The number of carbonyl (C=O) groups excluding carboxylic acids is 1. The van der Waals surface area contributed by atoms with Gasteiger partial charge in [-0.3, -0.25) is 4.79 Å². The largest absolute Gasteiger partial charge is 0.307 e. The van der Waals surface area contributed by atoms with Crippen molar-refractivity contribution in [1.82, 2.24) is 0 Å². The average Bonchev–Trinajstić information content (AvgIpc) is 2.50. The van der Waals surface area contributed by atoms with Gasteiger partial charge < -0.3 is 4.90 Å². The minimum absolute atomic E-state index is 0.205. The summed E-state index contributed by atoms with van der Waals surface area (Å²) in [5.74, 6) is -1.54. The van der Waals surface area contributed by atoms with E-state index in [1.165, 1.54) is 17.0 Å². The minimum Gasteiger partial charge on any atom is -0.307 e. The van der Waals surface area contributed by atoms with Crippen molar-refractivity contribution in [3.63, 3.8) is 0 Å². The molecular formula is C11H11F2NO. The standard InChI is InChI=1S/C11H11F2NO/c1-7-5-8(12)11(9(13)6-7)14-4-2-3-10(14)15/h5-6H,2-4H2,1H3. The fourth-order valence-corrected chi connectivity index (χ4v) is 1.83. The molecule has 0 unspecified atom stereocenters. The third-order valence-electron chi connectivity index (χ3n) is 2.50. The first kappa shape index (κ1) is 10.1. The molecule has 0 N–H and O–H groups in total. The van der Waals surface area contributed by atoms with Crippen molar-refractivity contribution in [2.24, 2.45) is 0 Å². The number of carbonyl (C=O) groups is 1. The van der Waals surface area contributed by atoms with Crippen LogP contribution < -0.4 is 4.90 Å². The highest BCUT2D eigenvalue weighted by molar-refractivity contribution is 5.95. The van der Waals surface area contributed by atoms with Crippen molar-refractivity contribution < 1.29 is 13.6 Å². The van der Waals surface area contributed by atoms with Gasteiger partial charge in [0.2, 0.25) is 5.91 Å². The number of rotatable bonds is 1. The molecule has 0 atom stereocenters. The smallest absolute Gasteiger partial charge is 0.227 e. The first-order valence-electron chi connectivity index (χ1n) is 4.85. The summed E-state index contributed by atoms with van der Waals surface area (Å²) in [5, 5.41) is 0. The normalized spacial score (nSPS) is 16.2. The predicted octanol–water partition coefficient (Wildman–Crippen LogP) is 2.40. The summed E-state index contributed by atoms with van der Waals surface area (Å²) in [7, 11) is 0. The Bertz CT molecular complexity index is 394. The highest BCUT2D eigenvalue weighted by Crippen LogP contribution is 2.28. The molecule has 1 aliphatic heterocycles. The zero-order chi connectivity index (χ0) is 11.0. The van der Waals surface area contributed by atoms with E-state index < -0.39 is 11.6 Å². The molecule has 0 aromatic heterocycles. The van der Waals surface area contributed by atoms with E-state index in [4.69, 9.17) is 0 Å². The molecule has 1 saturated heterocycles. The highest BCUT2D eigenvalue weighted by atomic mass is 19.1. The molecule has 1 amide bonds. The fourth-order valence-electron chi connectivity index (χ4n) is 1.83. The number of benzene rings is 1. The minimum atomic E-state index is -0.664. The Balaban J connectivity index is 2.47. The quantitative estimate of drug-likeness (QED) is 0.698. The van der Waals surface area contributed by atoms with Gasteiger partial charge in [0, 0.05) is 13.0 Å². The maximum Gasteiger partial charge on any atom is 0.227 e. The second kappa shape index (κ2) is 3.61. The second-order valence-corrected chi connectivity index (χ2v) is 3.73. The second-order valence-electron chi connectivity index (χ2n) is 3.73. The van der Waals surface area contributed by atoms with Gasteiger partial charge in [0.05, 0.1) is 0 Å². The van der Waals surface area contributed by atoms with E-state index in [0.717, 1.165) is 0 Å². The fraction of sp³-hybridized carbons (Fsp3) is 0.364.